The molecule has 2 heterocycles. The Balaban J connectivity index is 1.93. The lowest BCUT2D eigenvalue weighted by atomic mass is 10.1. The number of hydrogen-bond donors (Lipinski definition) is 3. The van der Waals surface area contributed by atoms with Crippen molar-refractivity contribution in [3.05, 3.63) is 58.3 Å². The largest absolute Gasteiger partial charge is 0.479 e. The number of ether oxygens (including phenoxy) is 1. The maximum absolute atomic E-state index is 12.1. The zero-order chi connectivity index (χ0) is 20.3. The molecule has 8 nitrogen and oxygen atoms in total. The average Bonchev–Trinajstić information content (AvgIpc) is 3.28. The Hall–Kier alpha value is -3.30. The molecule has 0 saturated heterocycles. The fourth-order valence-corrected chi connectivity index (χ4v) is 3.72. The number of amides is 1. The number of hydrogen-bond acceptors (Lipinski definition) is 6. The molecule has 1 amide bonds. The summed E-state index contributed by atoms with van der Waals surface area (Å²) in [7, 11) is 0. The molecule has 28 heavy (non-hydrogen) atoms. The molecule has 10 heteroatoms. The fourth-order valence-electron chi connectivity index (χ4n) is 2.32. The van der Waals surface area contributed by atoms with Crippen molar-refractivity contribution in [3.8, 4) is 16.2 Å². The SMILES string of the molecule is O=C(O)COc1c(C(=O)O)sc(-c2cccc(NC(=O)c3ccoc3)c2)c1Cl. The smallest absolute Gasteiger partial charge is 0.349 e. The first kappa shape index (κ1) is 19.5. The van der Waals surface area contributed by atoms with Crippen molar-refractivity contribution in [2.45, 2.75) is 0 Å². The molecule has 3 rings (SSSR count). The summed E-state index contributed by atoms with van der Waals surface area (Å²) in [5, 5.41) is 20.8. The fraction of sp³-hybridized carbons (Fsp3) is 0.0556. The molecular weight excluding hydrogens is 410 g/mol. The molecule has 0 unspecified atom stereocenters. The maximum Gasteiger partial charge on any atom is 0.349 e. The number of carbonyl (C=O) groups excluding carboxylic acids is 1. The Bertz CT molecular complexity index is 1040. The van der Waals surface area contributed by atoms with Gasteiger partial charge in [0.05, 0.1) is 16.7 Å². The Morgan fingerprint density at radius 3 is 2.64 bits per heavy atom. The molecule has 0 aliphatic carbocycles. The van der Waals surface area contributed by atoms with Gasteiger partial charge in [-0.2, -0.15) is 0 Å². The van der Waals surface area contributed by atoms with Crippen LogP contribution < -0.4 is 10.1 Å². The molecule has 0 bridgehead atoms. The highest BCUT2D eigenvalue weighted by Gasteiger charge is 2.24. The molecule has 0 fully saturated rings. The van der Waals surface area contributed by atoms with E-state index in [-0.39, 0.29) is 21.6 Å². The van der Waals surface area contributed by atoms with Crippen molar-refractivity contribution in [1.82, 2.24) is 0 Å². The zero-order valence-electron chi connectivity index (χ0n) is 14.0. The number of aliphatic carboxylic acids is 1. The van der Waals surface area contributed by atoms with Gasteiger partial charge in [0, 0.05) is 5.69 Å². The van der Waals surface area contributed by atoms with Gasteiger partial charge in [0.2, 0.25) is 0 Å². The number of rotatable bonds is 7. The third kappa shape index (κ3) is 4.16. The monoisotopic (exact) mass is 421 g/mol. The first-order valence-corrected chi connectivity index (χ1v) is 8.90. The number of aromatic carboxylic acids is 1. The third-order valence-corrected chi connectivity index (χ3v) is 5.19. The number of carbonyl (C=O) groups is 3. The molecule has 1 aromatic carbocycles. The topological polar surface area (TPSA) is 126 Å². The number of thiophene rings is 1. The van der Waals surface area contributed by atoms with Crippen molar-refractivity contribution < 1.29 is 33.8 Å². The molecule has 0 aliphatic rings. The number of carboxylic acid groups (broad SMARTS) is 2. The summed E-state index contributed by atoms with van der Waals surface area (Å²) >= 11 is 7.11. The molecule has 0 spiro atoms. The Labute approximate surface area is 166 Å². The number of nitrogens with one attached hydrogen (secondary N) is 1. The number of anilines is 1. The lowest BCUT2D eigenvalue weighted by Crippen LogP contribution is -2.11. The molecule has 3 N–H and O–H groups in total. The average molecular weight is 422 g/mol. The molecule has 2 aromatic heterocycles. The molecule has 0 atom stereocenters. The van der Waals surface area contributed by atoms with E-state index in [1.807, 2.05) is 0 Å². The van der Waals surface area contributed by atoms with Gasteiger partial charge in [-0.3, -0.25) is 4.79 Å². The van der Waals surface area contributed by atoms with Crippen LogP contribution in [0, 0.1) is 0 Å². The van der Waals surface area contributed by atoms with E-state index in [0.717, 1.165) is 11.3 Å². The van der Waals surface area contributed by atoms with Crippen molar-refractivity contribution in [1.29, 1.82) is 0 Å². The Morgan fingerprint density at radius 1 is 1.21 bits per heavy atom. The van der Waals surface area contributed by atoms with Crippen LogP contribution in [-0.2, 0) is 4.79 Å². The van der Waals surface area contributed by atoms with Crippen LogP contribution >= 0.6 is 22.9 Å². The van der Waals surface area contributed by atoms with E-state index >= 15 is 0 Å². The second kappa shape index (κ2) is 8.15. The first-order valence-electron chi connectivity index (χ1n) is 7.71. The van der Waals surface area contributed by atoms with Gasteiger partial charge in [-0.1, -0.05) is 23.7 Å². The van der Waals surface area contributed by atoms with Crippen molar-refractivity contribution in [2.24, 2.45) is 0 Å². The molecule has 0 radical (unpaired) electrons. The number of halogens is 1. The van der Waals surface area contributed by atoms with Crippen LogP contribution in [0.15, 0.2) is 47.3 Å². The van der Waals surface area contributed by atoms with E-state index in [1.54, 1.807) is 24.3 Å². The van der Waals surface area contributed by atoms with Crippen LogP contribution in [0.4, 0.5) is 5.69 Å². The predicted molar refractivity (Wildman–Crippen MR) is 102 cm³/mol. The van der Waals surface area contributed by atoms with Gasteiger partial charge in [-0.15, -0.1) is 11.3 Å². The van der Waals surface area contributed by atoms with E-state index in [9.17, 15) is 19.5 Å². The van der Waals surface area contributed by atoms with E-state index in [0.29, 0.717) is 21.7 Å². The van der Waals surface area contributed by atoms with E-state index in [1.165, 1.54) is 18.6 Å². The van der Waals surface area contributed by atoms with Crippen molar-refractivity contribution in [2.75, 3.05) is 11.9 Å². The molecule has 144 valence electrons. The highest BCUT2D eigenvalue weighted by Crippen LogP contribution is 2.45. The first-order chi connectivity index (χ1) is 13.4. The minimum absolute atomic E-state index is 0.0121. The second-order valence-electron chi connectivity index (χ2n) is 5.44. The zero-order valence-corrected chi connectivity index (χ0v) is 15.5. The summed E-state index contributed by atoms with van der Waals surface area (Å²) < 4.78 is 9.93. The summed E-state index contributed by atoms with van der Waals surface area (Å²) in [5.41, 5.74) is 1.34. The maximum atomic E-state index is 12.1. The quantitative estimate of drug-likeness (QED) is 0.524. The van der Waals surface area contributed by atoms with Gasteiger partial charge < -0.3 is 24.7 Å². The minimum Gasteiger partial charge on any atom is -0.479 e. The van der Waals surface area contributed by atoms with E-state index < -0.39 is 18.5 Å². The Kier molecular flexibility index (Phi) is 5.67. The van der Waals surface area contributed by atoms with Gasteiger partial charge in [0.15, 0.2) is 17.2 Å². The summed E-state index contributed by atoms with van der Waals surface area (Å²) in [6.07, 6.45) is 2.68. The van der Waals surface area contributed by atoms with Crippen LogP contribution in [-0.4, -0.2) is 34.7 Å². The summed E-state index contributed by atoms with van der Waals surface area (Å²) in [6, 6.07) is 8.12. The normalized spacial score (nSPS) is 10.5. The van der Waals surface area contributed by atoms with E-state index in [4.69, 9.17) is 25.9 Å². The van der Waals surface area contributed by atoms with Crippen molar-refractivity contribution in [3.63, 3.8) is 0 Å². The van der Waals surface area contributed by atoms with Crippen LogP contribution in [0.1, 0.15) is 20.0 Å². The Morgan fingerprint density at radius 2 is 2.00 bits per heavy atom. The molecular formula is C18H12ClNO7S. The van der Waals surface area contributed by atoms with Gasteiger partial charge in [0.1, 0.15) is 11.3 Å². The van der Waals surface area contributed by atoms with Crippen LogP contribution in [0.5, 0.6) is 5.75 Å². The van der Waals surface area contributed by atoms with Gasteiger partial charge in [-0.25, -0.2) is 9.59 Å². The highest BCUT2D eigenvalue weighted by atomic mass is 35.5. The van der Waals surface area contributed by atoms with Gasteiger partial charge in [0.25, 0.3) is 5.91 Å². The summed E-state index contributed by atoms with van der Waals surface area (Å²) in [4.78, 5) is 34.5. The van der Waals surface area contributed by atoms with Gasteiger partial charge >= 0.3 is 11.9 Å². The van der Waals surface area contributed by atoms with Gasteiger partial charge in [-0.05, 0) is 23.8 Å². The standard InChI is InChI=1S/C18H12ClNO7S/c19-13-14(27-8-12(21)22)16(18(24)25)28-15(13)9-2-1-3-11(6-9)20-17(23)10-4-5-26-7-10/h1-7H,8H2,(H,20,23)(H,21,22)(H,24,25). The lowest BCUT2D eigenvalue weighted by molar-refractivity contribution is -0.139. The summed E-state index contributed by atoms with van der Waals surface area (Å²) in [6.45, 7) is -0.725. The van der Waals surface area contributed by atoms with Crippen LogP contribution in [0.25, 0.3) is 10.4 Å². The molecule has 0 aliphatic heterocycles. The van der Waals surface area contributed by atoms with E-state index in [2.05, 4.69) is 5.32 Å². The number of benzene rings is 1. The highest BCUT2D eigenvalue weighted by molar-refractivity contribution is 7.18. The molecule has 0 saturated carbocycles. The van der Waals surface area contributed by atoms with Crippen LogP contribution in [0.3, 0.4) is 0 Å². The van der Waals surface area contributed by atoms with Crippen molar-refractivity contribution >= 4 is 46.5 Å². The third-order valence-electron chi connectivity index (χ3n) is 3.51. The molecule has 3 aromatic rings. The van der Waals surface area contributed by atoms with Crippen LogP contribution in [0.2, 0.25) is 5.02 Å². The minimum atomic E-state index is -1.29. The lowest BCUT2D eigenvalue weighted by Gasteiger charge is -2.06. The summed E-state index contributed by atoms with van der Waals surface area (Å²) in [5.74, 6) is -3.13. The number of furan rings is 1. The number of carboxylic acids is 2. The predicted octanol–water partition coefficient (Wildman–Crippen LogP) is 4.08. The second-order valence-corrected chi connectivity index (χ2v) is 6.84.